The first-order valence-corrected chi connectivity index (χ1v) is 9.51. The number of methoxy groups -OCH3 is 1. The molecule has 8 nitrogen and oxygen atoms in total. The van der Waals surface area contributed by atoms with E-state index in [1.54, 1.807) is 0 Å². The van der Waals surface area contributed by atoms with E-state index in [0.29, 0.717) is 13.0 Å². The number of nitrogens with one attached hydrogen (secondary N) is 1. The quantitative estimate of drug-likeness (QED) is 0.673. The summed E-state index contributed by atoms with van der Waals surface area (Å²) in [4.78, 5) is 27.5. The summed E-state index contributed by atoms with van der Waals surface area (Å²) in [6.07, 6.45) is 4.39. The molecule has 0 atom stereocenters. The molecule has 150 valence electrons. The minimum atomic E-state index is -0.433. The summed E-state index contributed by atoms with van der Waals surface area (Å²) >= 11 is 0. The van der Waals surface area contributed by atoms with Crippen molar-refractivity contribution in [3.63, 3.8) is 0 Å². The van der Waals surface area contributed by atoms with E-state index in [9.17, 15) is 9.59 Å². The zero-order chi connectivity index (χ0) is 19.8. The zero-order valence-corrected chi connectivity index (χ0v) is 16.2. The van der Waals surface area contributed by atoms with Crippen LogP contribution in [0.2, 0.25) is 0 Å². The van der Waals surface area contributed by atoms with E-state index >= 15 is 0 Å². The number of para-hydroxylation sites is 1. The van der Waals surface area contributed by atoms with Gasteiger partial charge in [0.15, 0.2) is 0 Å². The van der Waals surface area contributed by atoms with Gasteiger partial charge in [-0.25, -0.2) is 4.68 Å². The molecule has 1 N–H and O–H groups in total. The van der Waals surface area contributed by atoms with Gasteiger partial charge in [-0.3, -0.25) is 14.5 Å². The highest BCUT2D eigenvalue weighted by Gasteiger charge is 2.18. The van der Waals surface area contributed by atoms with Crippen molar-refractivity contribution in [1.29, 1.82) is 0 Å². The standard InChI is InChI=1S/C20H27N5O3/c1-28-20(27)14-21-19(26)7-8-23-9-11-24(12-10-23)15-17-13-22-25(16-17)18-5-3-2-4-6-18/h2-6,13,16H,7-12,14-15H2,1H3,(H,21,26). The third kappa shape index (κ3) is 5.90. The van der Waals surface area contributed by atoms with Gasteiger partial charge in [-0.1, -0.05) is 18.2 Å². The molecule has 0 aliphatic carbocycles. The van der Waals surface area contributed by atoms with Gasteiger partial charge >= 0.3 is 5.97 Å². The summed E-state index contributed by atoms with van der Waals surface area (Å²) < 4.78 is 6.41. The van der Waals surface area contributed by atoms with Gasteiger partial charge in [0.1, 0.15) is 6.54 Å². The number of amides is 1. The highest BCUT2D eigenvalue weighted by molar-refractivity contribution is 5.81. The first-order valence-electron chi connectivity index (χ1n) is 9.51. The fourth-order valence-electron chi connectivity index (χ4n) is 3.18. The first kappa shape index (κ1) is 20.0. The molecule has 0 bridgehead atoms. The SMILES string of the molecule is COC(=O)CNC(=O)CCN1CCN(Cc2cnn(-c3ccccc3)c2)CC1. The van der Waals surface area contributed by atoms with E-state index in [2.05, 4.69) is 31.1 Å². The lowest BCUT2D eigenvalue weighted by Gasteiger charge is -2.34. The van der Waals surface area contributed by atoms with Gasteiger partial charge in [0.05, 0.1) is 19.0 Å². The van der Waals surface area contributed by atoms with Crippen molar-refractivity contribution < 1.29 is 14.3 Å². The van der Waals surface area contributed by atoms with Crippen LogP contribution in [-0.2, 0) is 20.9 Å². The third-order valence-electron chi connectivity index (χ3n) is 4.84. The van der Waals surface area contributed by atoms with Crippen molar-refractivity contribution >= 4 is 11.9 Å². The predicted octanol–water partition coefficient (Wildman–Crippen LogP) is 0.669. The Balaban J connectivity index is 1.37. The highest BCUT2D eigenvalue weighted by atomic mass is 16.5. The van der Waals surface area contributed by atoms with Gasteiger partial charge in [-0.15, -0.1) is 0 Å². The maximum absolute atomic E-state index is 11.8. The number of rotatable bonds is 8. The van der Waals surface area contributed by atoms with E-state index in [0.717, 1.165) is 38.4 Å². The van der Waals surface area contributed by atoms with Crippen LogP contribution in [0, 0.1) is 0 Å². The maximum atomic E-state index is 11.8. The lowest BCUT2D eigenvalue weighted by atomic mass is 10.2. The third-order valence-corrected chi connectivity index (χ3v) is 4.84. The molecule has 0 radical (unpaired) electrons. The number of hydrogen-bond acceptors (Lipinski definition) is 6. The Morgan fingerprint density at radius 1 is 1.11 bits per heavy atom. The van der Waals surface area contributed by atoms with Gasteiger partial charge < -0.3 is 15.0 Å². The van der Waals surface area contributed by atoms with Gasteiger partial charge in [-0.05, 0) is 12.1 Å². The molecule has 3 rings (SSSR count). The van der Waals surface area contributed by atoms with Crippen molar-refractivity contribution in [2.24, 2.45) is 0 Å². The van der Waals surface area contributed by atoms with Crippen LogP contribution in [-0.4, -0.2) is 77.8 Å². The average Bonchev–Trinajstić information content (AvgIpc) is 3.20. The number of hydrogen-bond donors (Lipinski definition) is 1. The maximum Gasteiger partial charge on any atom is 0.325 e. The Labute approximate surface area is 165 Å². The second kappa shape index (κ2) is 10.0. The van der Waals surface area contributed by atoms with Crippen molar-refractivity contribution in [3.05, 3.63) is 48.3 Å². The van der Waals surface area contributed by atoms with Crippen LogP contribution in [0.5, 0.6) is 0 Å². The second-order valence-electron chi connectivity index (χ2n) is 6.85. The predicted molar refractivity (Wildman–Crippen MR) is 105 cm³/mol. The molecule has 1 saturated heterocycles. The molecule has 2 aromatic rings. The summed E-state index contributed by atoms with van der Waals surface area (Å²) in [5.74, 6) is -0.557. The fourth-order valence-corrected chi connectivity index (χ4v) is 3.18. The number of carbonyl (C=O) groups is 2. The van der Waals surface area contributed by atoms with E-state index < -0.39 is 5.97 Å². The molecule has 1 amide bonds. The Bertz CT molecular complexity index is 769. The summed E-state index contributed by atoms with van der Waals surface area (Å²) in [6.45, 7) is 5.28. The molecular weight excluding hydrogens is 358 g/mol. The number of esters is 1. The molecule has 0 unspecified atom stereocenters. The molecule has 0 saturated carbocycles. The van der Waals surface area contributed by atoms with Crippen LogP contribution < -0.4 is 5.32 Å². The molecular formula is C20H27N5O3. The molecule has 1 aliphatic rings. The van der Waals surface area contributed by atoms with Crippen LogP contribution >= 0.6 is 0 Å². The fraction of sp³-hybridized carbons (Fsp3) is 0.450. The molecule has 2 heterocycles. The second-order valence-corrected chi connectivity index (χ2v) is 6.85. The van der Waals surface area contributed by atoms with Crippen LogP contribution in [0.4, 0.5) is 0 Å². The average molecular weight is 385 g/mol. The Hall–Kier alpha value is -2.71. The molecule has 1 fully saturated rings. The monoisotopic (exact) mass is 385 g/mol. The molecule has 28 heavy (non-hydrogen) atoms. The largest absolute Gasteiger partial charge is 0.468 e. The molecule has 1 aliphatic heterocycles. The summed E-state index contributed by atoms with van der Waals surface area (Å²) in [7, 11) is 1.31. The van der Waals surface area contributed by atoms with Crippen LogP contribution in [0.25, 0.3) is 5.69 Å². The minimum Gasteiger partial charge on any atom is -0.468 e. The number of carbonyl (C=O) groups excluding carboxylic acids is 2. The van der Waals surface area contributed by atoms with Gasteiger partial charge in [-0.2, -0.15) is 5.10 Å². The molecule has 1 aromatic heterocycles. The number of ether oxygens (including phenoxy) is 1. The number of nitrogens with zero attached hydrogens (tertiary/aromatic N) is 4. The lowest BCUT2D eigenvalue weighted by molar-refractivity contribution is -0.141. The number of aromatic nitrogens is 2. The molecule has 0 spiro atoms. The van der Waals surface area contributed by atoms with Gasteiger partial charge in [0, 0.05) is 57.4 Å². The topological polar surface area (TPSA) is 79.7 Å². The normalized spacial score (nSPS) is 15.3. The van der Waals surface area contributed by atoms with Crippen molar-refractivity contribution in [1.82, 2.24) is 24.9 Å². The minimum absolute atomic E-state index is 0.0697. The van der Waals surface area contributed by atoms with E-state index in [1.165, 1.54) is 12.7 Å². The lowest BCUT2D eigenvalue weighted by Crippen LogP contribution is -2.46. The Morgan fingerprint density at radius 2 is 1.82 bits per heavy atom. The summed E-state index contributed by atoms with van der Waals surface area (Å²) in [5, 5.41) is 7.02. The summed E-state index contributed by atoms with van der Waals surface area (Å²) in [6, 6.07) is 10.1. The van der Waals surface area contributed by atoms with E-state index in [1.807, 2.05) is 41.2 Å². The number of piperazine rings is 1. The first-order chi connectivity index (χ1) is 13.6. The smallest absolute Gasteiger partial charge is 0.325 e. The molecule has 8 heteroatoms. The Kier molecular flexibility index (Phi) is 7.16. The van der Waals surface area contributed by atoms with Crippen molar-refractivity contribution in [2.75, 3.05) is 46.4 Å². The van der Waals surface area contributed by atoms with Gasteiger partial charge in [0.25, 0.3) is 0 Å². The van der Waals surface area contributed by atoms with Gasteiger partial charge in [0.2, 0.25) is 5.91 Å². The van der Waals surface area contributed by atoms with E-state index in [-0.39, 0.29) is 12.5 Å². The number of benzene rings is 1. The Morgan fingerprint density at radius 3 is 2.54 bits per heavy atom. The van der Waals surface area contributed by atoms with Crippen LogP contribution in [0.15, 0.2) is 42.7 Å². The van der Waals surface area contributed by atoms with Crippen LogP contribution in [0.1, 0.15) is 12.0 Å². The van der Waals surface area contributed by atoms with Crippen LogP contribution in [0.3, 0.4) is 0 Å². The van der Waals surface area contributed by atoms with Crippen molar-refractivity contribution in [2.45, 2.75) is 13.0 Å². The van der Waals surface area contributed by atoms with E-state index in [4.69, 9.17) is 0 Å². The molecule has 1 aromatic carbocycles. The zero-order valence-electron chi connectivity index (χ0n) is 16.2. The summed E-state index contributed by atoms with van der Waals surface area (Å²) in [5.41, 5.74) is 2.25. The highest BCUT2D eigenvalue weighted by Crippen LogP contribution is 2.11. The van der Waals surface area contributed by atoms with Crippen molar-refractivity contribution in [3.8, 4) is 5.69 Å².